The Morgan fingerprint density at radius 3 is 2.65 bits per heavy atom. The van der Waals surface area contributed by atoms with Gasteiger partial charge in [0.15, 0.2) is 0 Å². The quantitative estimate of drug-likeness (QED) is 0.688. The Bertz CT molecular complexity index is 688. The highest BCUT2D eigenvalue weighted by Gasteiger charge is 2.08. The predicted molar refractivity (Wildman–Crippen MR) is 73.9 cm³/mol. The van der Waals surface area contributed by atoms with Gasteiger partial charge in [-0.25, -0.2) is 4.98 Å². The van der Waals surface area contributed by atoms with Crippen molar-refractivity contribution in [2.75, 3.05) is 11.5 Å². The van der Waals surface area contributed by atoms with Gasteiger partial charge in [0.2, 0.25) is 0 Å². The van der Waals surface area contributed by atoms with Gasteiger partial charge in [0.25, 0.3) is 0 Å². The molecule has 0 spiro atoms. The minimum Gasteiger partial charge on any atom is -0.384 e. The predicted octanol–water partition coefficient (Wildman–Crippen LogP) is 3.13. The molecule has 0 aliphatic heterocycles. The number of nitrogen functional groups attached to an aromatic ring is 2. The number of hydrogen-bond donors (Lipinski definition) is 2. The van der Waals surface area contributed by atoms with Crippen molar-refractivity contribution in [1.29, 1.82) is 0 Å². The molecule has 0 radical (unpaired) electrons. The highest BCUT2D eigenvalue weighted by atomic mass is 32.1. The second kappa shape index (κ2) is 3.75. The summed E-state index contributed by atoms with van der Waals surface area (Å²) in [6.07, 6.45) is 0. The van der Waals surface area contributed by atoms with Crippen LogP contribution in [0.3, 0.4) is 0 Å². The minimum atomic E-state index is 0.449. The number of rotatable bonds is 1. The molecule has 3 aromatic rings. The Kier molecular flexibility index (Phi) is 2.23. The van der Waals surface area contributed by atoms with Gasteiger partial charge in [-0.1, -0.05) is 18.2 Å². The average molecular weight is 241 g/mol. The van der Waals surface area contributed by atoms with Crippen LogP contribution in [0.4, 0.5) is 11.6 Å². The molecule has 4 N–H and O–H groups in total. The van der Waals surface area contributed by atoms with E-state index in [1.54, 1.807) is 17.4 Å². The summed E-state index contributed by atoms with van der Waals surface area (Å²) in [4.78, 5) is 4.10. The van der Waals surface area contributed by atoms with Crippen molar-refractivity contribution in [3.05, 3.63) is 41.8 Å². The zero-order chi connectivity index (χ0) is 11.8. The van der Waals surface area contributed by atoms with Crippen LogP contribution in [0.25, 0.3) is 21.2 Å². The van der Waals surface area contributed by atoms with Crippen molar-refractivity contribution in [1.82, 2.24) is 4.98 Å². The third kappa shape index (κ3) is 1.62. The van der Waals surface area contributed by atoms with E-state index in [1.165, 1.54) is 10.1 Å². The van der Waals surface area contributed by atoms with E-state index >= 15 is 0 Å². The maximum Gasteiger partial charge on any atom is 0.133 e. The van der Waals surface area contributed by atoms with Crippen LogP contribution in [0.5, 0.6) is 0 Å². The molecule has 0 atom stereocenters. The number of pyridine rings is 1. The fraction of sp³-hybridized carbons (Fsp3) is 0. The van der Waals surface area contributed by atoms with Crippen LogP contribution >= 0.6 is 11.3 Å². The lowest BCUT2D eigenvalue weighted by atomic mass is 10.1. The number of anilines is 2. The third-order valence-electron chi connectivity index (χ3n) is 2.72. The van der Waals surface area contributed by atoms with E-state index in [4.69, 9.17) is 11.5 Å². The van der Waals surface area contributed by atoms with E-state index in [1.807, 2.05) is 12.1 Å². The molecule has 0 fully saturated rings. The number of nitrogens with zero attached hydrogens (tertiary/aromatic N) is 1. The third-order valence-corrected chi connectivity index (χ3v) is 3.68. The minimum absolute atomic E-state index is 0.449. The lowest BCUT2D eigenvalue weighted by Gasteiger charge is -2.06. The van der Waals surface area contributed by atoms with E-state index in [-0.39, 0.29) is 0 Å². The van der Waals surface area contributed by atoms with E-state index in [0.29, 0.717) is 11.6 Å². The lowest BCUT2D eigenvalue weighted by Crippen LogP contribution is -1.98. The molecule has 3 nitrogen and oxygen atoms in total. The van der Waals surface area contributed by atoms with Gasteiger partial charge in [-0.3, -0.25) is 0 Å². The summed E-state index contributed by atoms with van der Waals surface area (Å²) in [5, 5.41) is 3.30. The van der Waals surface area contributed by atoms with E-state index < -0.39 is 0 Å². The van der Waals surface area contributed by atoms with Gasteiger partial charge in [0.05, 0.1) is 0 Å². The van der Waals surface area contributed by atoms with Crippen molar-refractivity contribution < 1.29 is 0 Å². The second-order valence-corrected chi connectivity index (χ2v) is 4.73. The Morgan fingerprint density at radius 2 is 1.82 bits per heavy atom. The van der Waals surface area contributed by atoms with Crippen LogP contribution in [-0.2, 0) is 0 Å². The van der Waals surface area contributed by atoms with Crippen LogP contribution in [0.1, 0.15) is 0 Å². The monoisotopic (exact) mass is 241 g/mol. The molecule has 4 heteroatoms. The van der Waals surface area contributed by atoms with E-state index in [9.17, 15) is 0 Å². The summed E-state index contributed by atoms with van der Waals surface area (Å²) < 4.78 is 1.23. The summed E-state index contributed by atoms with van der Waals surface area (Å²) in [5.41, 5.74) is 13.6. The Hall–Kier alpha value is -2.07. The van der Waals surface area contributed by atoms with Crippen LogP contribution < -0.4 is 11.5 Å². The van der Waals surface area contributed by atoms with Crippen molar-refractivity contribution in [2.24, 2.45) is 0 Å². The second-order valence-electron chi connectivity index (χ2n) is 3.81. The first kappa shape index (κ1) is 10.1. The smallest absolute Gasteiger partial charge is 0.133 e. The highest BCUT2D eigenvalue weighted by molar-refractivity contribution is 7.17. The molecular weight excluding hydrogens is 230 g/mol. The normalized spacial score (nSPS) is 10.8. The van der Waals surface area contributed by atoms with Gasteiger partial charge in [0, 0.05) is 15.8 Å². The molecule has 0 saturated carbocycles. The standard InChI is InChI=1S/C13H11N3S/c14-11-5-4-10(13(15)16-11)9-3-1-2-8-6-7-17-12(8)9/h1-7H,(H4,14,15,16). The molecule has 84 valence electrons. The van der Waals surface area contributed by atoms with Gasteiger partial charge >= 0.3 is 0 Å². The van der Waals surface area contributed by atoms with Crippen LogP contribution in [-0.4, -0.2) is 4.98 Å². The molecule has 17 heavy (non-hydrogen) atoms. The van der Waals surface area contributed by atoms with E-state index in [0.717, 1.165) is 11.1 Å². The van der Waals surface area contributed by atoms with Crippen LogP contribution in [0, 0.1) is 0 Å². The topological polar surface area (TPSA) is 64.9 Å². The fourth-order valence-corrected chi connectivity index (χ4v) is 2.85. The largest absolute Gasteiger partial charge is 0.384 e. The molecule has 0 bridgehead atoms. The van der Waals surface area contributed by atoms with Crippen molar-refractivity contribution in [3.63, 3.8) is 0 Å². The highest BCUT2D eigenvalue weighted by Crippen LogP contribution is 2.34. The van der Waals surface area contributed by atoms with Crippen molar-refractivity contribution in [2.45, 2.75) is 0 Å². The summed E-state index contributed by atoms with van der Waals surface area (Å²) in [7, 11) is 0. The maximum atomic E-state index is 5.93. The zero-order valence-electron chi connectivity index (χ0n) is 9.05. The number of aromatic nitrogens is 1. The summed E-state index contributed by atoms with van der Waals surface area (Å²) in [5.74, 6) is 0.926. The number of fused-ring (bicyclic) bond motifs is 1. The van der Waals surface area contributed by atoms with E-state index in [2.05, 4.69) is 28.6 Å². The first-order chi connectivity index (χ1) is 8.25. The van der Waals surface area contributed by atoms with Gasteiger partial charge in [-0.05, 0) is 29.0 Å². The fourth-order valence-electron chi connectivity index (χ4n) is 1.92. The zero-order valence-corrected chi connectivity index (χ0v) is 9.87. The molecule has 0 amide bonds. The van der Waals surface area contributed by atoms with Gasteiger partial charge < -0.3 is 11.5 Å². The molecular formula is C13H11N3S. The number of nitrogens with two attached hydrogens (primary N) is 2. The lowest BCUT2D eigenvalue weighted by molar-refractivity contribution is 1.35. The molecule has 0 aliphatic carbocycles. The Labute approximate surface area is 103 Å². The van der Waals surface area contributed by atoms with Gasteiger partial charge in [-0.2, -0.15) is 0 Å². The Morgan fingerprint density at radius 1 is 0.941 bits per heavy atom. The number of thiophene rings is 1. The Balaban J connectivity index is 2.30. The summed E-state index contributed by atoms with van der Waals surface area (Å²) in [6.45, 7) is 0. The van der Waals surface area contributed by atoms with Gasteiger partial charge in [-0.15, -0.1) is 11.3 Å². The van der Waals surface area contributed by atoms with Crippen molar-refractivity contribution in [3.8, 4) is 11.1 Å². The molecule has 0 aliphatic rings. The first-order valence-corrected chi connectivity index (χ1v) is 6.12. The number of benzene rings is 1. The molecule has 0 saturated heterocycles. The summed E-state index contributed by atoms with van der Waals surface area (Å²) >= 11 is 1.71. The molecule has 2 aromatic heterocycles. The summed E-state index contributed by atoms with van der Waals surface area (Å²) in [6, 6.07) is 12.0. The molecule has 3 rings (SSSR count). The van der Waals surface area contributed by atoms with Gasteiger partial charge in [0.1, 0.15) is 11.6 Å². The SMILES string of the molecule is Nc1ccc(-c2cccc3ccsc23)c(N)n1. The average Bonchev–Trinajstić information content (AvgIpc) is 2.77. The first-order valence-electron chi connectivity index (χ1n) is 5.24. The maximum absolute atomic E-state index is 5.93. The molecule has 2 heterocycles. The molecule has 1 aromatic carbocycles. The van der Waals surface area contributed by atoms with Crippen molar-refractivity contribution >= 4 is 33.1 Å². The van der Waals surface area contributed by atoms with Crippen LogP contribution in [0.15, 0.2) is 41.8 Å². The van der Waals surface area contributed by atoms with Crippen LogP contribution in [0.2, 0.25) is 0 Å². The molecule has 0 unspecified atom stereocenters. The number of hydrogen-bond acceptors (Lipinski definition) is 4.